The second-order valence-electron chi connectivity index (χ2n) is 5.67. The van der Waals surface area contributed by atoms with E-state index in [-0.39, 0.29) is 5.91 Å². The largest absolute Gasteiger partial charge is 0.336 e. The van der Waals surface area contributed by atoms with Gasteiger partial charge in [-0.25, -0.2) is 4.98 Å². The fraction of sp³-hybridized carbons (Fsp3) is 0.353. The molecule has 120 valence electrons. The second kappa shape index (κ2) is 7.02. The minimum absolute atomic E-state index is 0.0339. The van der Waals surface area contributed by atoms with Crippen molar-refractivity contribution in [3.8, 4) is 0 Å². The van der Waals surface area contributed by atoms with E-state index in [1.165, 1.54) is 0 Å². The Balaban J connectivity index is 1.55. The Kier molecular flexibility index (Phi) is 4.83. The highest BCUT2D eigenvalue weighted by Crippen LogP contribution is 2.14. The zero-order chi connectivity index (χ0) is 16.2. The molecule has 0 unspecified atom stereocenters. The first kappa shape index (κ1) is 15.8. The molecule has 2 aromatic rings. The first-order valence-corrected chi connectivity index (χ1v) is 8.51. The van der Waals surface area contributed by atoms with Gasteiger partial charge < -0.3 is 4.90 Å². The number of carbonyl (C=O) groups excluding carboxylic acids is 2. The zero-order valence-electron chi connectivity index (χ0n) is 13.1. The molecule has 1 aliphatic heterocycles. The summed E-state index contributed by atoms with van der Waals surface area (Å²) in [5.41, 5.74) is 2.33. The van der Waals surface area contributed by atoms with Crippen LogP contribution in [-0.4, -0.2) is 53.2 Å². The van der Waals surface area contributed by atoms with Crippen LogP contribution in [0.15, 0.2) is 29.6 Å². The van der Waals surface area contributed by atoms with E-state index in [0.29, 0.717) is 11.1 Å². The van der Waals surface area contributed by atoms with Crippen LogP contribution in [0.2, 0.25) is 0 Å². The summed E-state index contributed by atoms with van der Waals surface area (Å²) in [6.45, 7) is 6.01. The van der Waals surface area contributed by atoms with Crippen molar-refractivity contribution in [2.24, 2.45) is 0 Å². The quantitative estimate of drug-likeness (QED) is 0.807. The Bertz CT molecular complexity index is 688. The number of carbonyl (C=O) groups is 2. The van der Waals surface area contributed by atoms with Crippen LogP contribution in [0.25, 0.3) is 0 Å². The summed E-state index contributed by atoms with van der Waals surface area (Å²) in [5, 5.41) is 3.19. The number of thiazole rings is 1. The van der Waals surface area contributed by atoms with Gasteiger partial charge in [0.05, 0.1) is 10.7 Å². The molecule has 1 aliphatic rings. The van der Waals surface area contributed by atoms with Gasteiger partial charge in [0.25, 0.3) is 5.91 Å². The molecule has 0 saturated carbocycles. The Labute approximate surface area is 139 Å². The summed E-state index contributed by atoms with van der Waals surface area (Å²) in [7, 11) is 0. The predicted molar refractivity (Wildman–Crippen MR) is 89.9 cm³/mol. The number of hydrogen-bond acceptors (Lipinski definition) is 5. The Morgan fingerprint density at radius 2 is 1.91 bits per heavy atom. The van der Waals surface area contributed by atoms with Gasteiger partial charge in [-0.1, -0.05) is 12.1 Å². The average molecular weight is 329 g/mol. The van der Waals surface area contributed by atoms with E-state index in [1.54, 1.807) is 35.6 Å². The second-order valence-corrected chi connectivity index (χ2v) is 6.73. The lowest BCUT2D eigenvalue weighted by Gasteiger charge is -2.34. The summed E-state index contributed by atoms with van der Waals surface area (Å²) in [6.07, 6.45) is 0.785. The van der Waals surface area contributed by atoms with Gasteiger partial charge >= 0.3 is 0 Å². The third-order valence-electron chi connectivity index (χ3n) is 4.01. The fourth-order valence-corrected chi connectivity index (χ4v) is 3.31. The lowest BCUT2D eigenvalue weighted by molar-refractivity contribution is 0.0627. The summed E-state index contributed by atoms with van der Waals surface area (Å²) >= 11 is 1.67. The number of aromatic nitrogens is 1. The summed E-state index contributed by atoms with van der Waals surface area (Å²) < 4.78 is 0. The molecule has 6 heteroatoms. The standard InChI is InChI=1S/C17H19N3O2S/c1-13-18-16(12-23-13)10-19-6-8-20(9-7-19)17(22)15-4-2-14(11-21)3-5-15/h2-5,11-12H,6-10H2,1H3. The van der Waals surface area contributed by atoms with Crippen LogP contribution in [0.5, 0.6) is 0 Å². The lowest BCUT2D eigenvalue weighted by Crippen LogP contribution is -2.48. The molecule has 1 saturated heterocycles. The first-order chi connectivity index (χ1) is 11.2. The molecule has 0 radical (unpaired) electrons. The molecule has 0 bridgehead atoms. The highest BCUT2D eigenvalue weighted by atomic mass is 32.1. The molecule has 1 amide bonds. The number of amides is 1. The molecule has 0 spiro atoms. The number of piperazine rings is 1. The van der Waals surface area contributed by atoms with Crippen molar-refractivity contribution in [3.05, 3.63) is 51.5 Å². The molecule has 3 rings (SSSR count). The number of aldehydes is 1. The van der Waals surface area contributed by atoms with E-state index >= 15 is 0 Å². The molecule has 1 aromatic carbocycles. The van der Waals surface area contributed by atoms with E-state index in [2.05, 4.69) is 15.3 Å². The topological polar surface area (TPSA) is 53.5 Å². The molecule has 1 fully saturated rings. The molecule has 2 heterocycles. The highest BCUT2D eigenvalue weighted by Gasteiger charge is 2.22. The third kappa shape index (κ3) is 3.83. The van der Waals surface area contributed by atoms with E-state index in [9.17, 15) is 9.59 Å². The van der Waals surface area contributed by atoms with Gasteiger partial charge in [-0.05, 0) is 19.1 Å². The number of benzene rings is 1. The van der Waals surface area contributed by atoms with Gasteiger partial charge in [0.2, 0.25) is 0 Å². The van der Waals surface area contributed by atoms with Crippen LogP contribution in [-0.2, 0) is 6.54 Å². The number of nitrogens with zero attached hydrogens (tertiary/aromatic N) is 3. The SMILES string of the molecule is Cc1nc(CN2CCN(C(=O)c3ccc(C=O)cc3)CC2)cs1. The van der Waals surface area contributed by atoms with Gasteiger partial charge in [0.1, 0.15) is 6.29 Å². The van der Waals surface area contributed by atoms with Crippen molar-refractivity contribution >= 4 is 23.5 Å². The Morgan fingerprint density at radius 1 is 1.22 bits per heavy atom. The van der Waals surface area contributed by atoms with Crippen LogP contribution < -0.4 is 0 Å². The summed E-state index contributed by atoms with van der Waals surface area (Å²) in [6, 6.07) is 6.80. The van der Waals surface area contributed by atoms with Crippen molar-refractivity contribution < 1.29 is 9.59 Å². The molecule has 0 N–H and O–H groups in total. The molecular formula is C17H19N3O2S. The maximum atomic E-state index is 12.5. The van der Waals surface area contributed by atoms with Crippen LogP contribution in [0.4, 0.5) is 0 Å². The minimum Gasteiger partial charge on any atom is -0.336 e. The normalized spacial score (nSPS) is 15.6. The molecule has 0 atom stereocenters. The predicted octanol–water partition coefficient (Wildman–Crippen LogP) is 2.22. The first-order valence-electron chi connectivity index (χ1n) is 7.63. The van der Waals surface area contributed by atoms with Gasteiger partial charge in [-0.3, -0.25) is 14.5 Å². The van der Waals surface area contributed by atoms with E-state index in [1.807, 2.05) is 11.8 Å². The van der Waals surface area contributed by atoms with Crippen molar-refractivity contribution in [2.45, 2.75) is 13.5 Å². The molecule has 23 heavy (non-hydrogen) atoms. The van der Waals surface area contributed by atoms with E-state index in [0.717, 1.165) is 49.7 Å². The number of hydrogen-bond donors (Lipinski definition) is 0. The van der Waals surface area contributed by atoms with Crippen molar-refractivity contribution in [2.75, 3.05) is 26.2 Å². The molecule has 1 aromatic heterocycles. The summed E-state index contributed by atoms with van der Waals surface area (Å²) in [5.74, 6) is 0.0339. The van der Waals surface area contributed by atoms with Crippen LogP contribution in [0.3, 0.4) is 0 Å². The van der Waals surface area contributed by atoms with Gasteiger partial charge in [-0.2, -0.15) is 0 Å². The monoisotopic (exact) mass is 329 g/mol. The van der Waals surface area contributed by atoms with Gasteiger partial charge in [-0.15, -0.1) is 11.3 Å². The van der Waals surface area contributed by atoms with Crippen molar-refractivity contribution in [3.63, 3.8) is 0 Å². The molecule has 0 aliphatic carbocycles. The van der Waals surface area contributed by atoms with E-state index in [4.69, 9.17) is 0 Å². The maximum absolute atomic E-state index is 12.5. The third-order valence-corrected chi connectivity index (χ3v) is 4.83. The van der Waals surface area contributed by atoms with Gasteiger partial charge in [0.15, 0.2) is 0 Å². The molecular weight excluding hydrogens is 310 g/mol. The average Bonchev–Trinajstić information content (AvgIpc) is 3.00. The zero-order valence-corrected chi connectivity index (χ0v) is 13.9. The van der Waals surface area contributed by atoms with Crippen molar-refractivity contribution in [1.82, 2.24) is 14.8 Å². The van der Waals surface area contributed by atoms with Crippen LogP contribution in [0, 0.1) is 6.92 Å². The summed E-state index contributed by atoms with van der Waals surface area (Å²) in [4.78, 5) is 31.8. The maximum Gasteiger partial charge on any atom is 0.253 e. The number of rotatable bonds is 4. The fourth-order valence-electron chi connectivity index (χ4n) is 2.71. The lowest BCUT2D eigenvalue weighted by atomic mass is 10.1. The molecule has 5 nitrogen and oxygen atoms in total. The van der Waals surface area contributed by atoms with Gasteiger partial charge in [0, 0.05) is 49.2 Å². The Hall–Kier alpha value is -2.05. The van der Waals surface area contributed by atoms with Crippen LogP contribution >= 0.6 is 11.3 Å². The van der Waals surface area contributed by atoms with E-state index < -0.39 is 0 Å². The van der Waals surface area contributed by atoms with Crippen LogP contribution in [0.1, 0.15) is 31.4 Å². The van der Waals surface area contributed by atoms with Crippen molar-refractivity contribution in [1.29, 1.82) is 0 Å². The number of aryl methyl sites for hydroxylation is 1. The minimum atomic E-state index is 0.0339. The highest BCUT2D eigenvalue weighted by molar-refractivity contribution is 7.09. The smallest absolute Gasteiger partial charge is 0.253 e. The Morgan fingerprint density at radius 3 is 2.48 bits per heavy atom.